The molecule has 2 N–H and O–H groups in total. The Morgan fingerprint density at radius 1 is 1.11 bits per heavy atom. The maximum Gasteiger partial charge on any atom is 0.244 e. The van der Waals surface area contributed by atoms with Crippen LogP contribution in [0.1, 0.15) is 33.9 Å². The first-order chi connectivity index (χ1) is 13.4. The summed E-state index contributed by atoms with van der Waals surface area (Å²) in [5.41, 5.74) is 1.64. The first-order valence-electron chi connectivity index (χ1n) is 8.95. The molecule has 0 aliphatic carbocycles. The van der Waals surface area contributed by atoms with Gasteiger partial charge < -0.3 is 9.84 Å². The van der Waals surface area contributed by atoms with Crippen LogP contribution >= 0.6 is 11.3 Å². The Kier molecular flexibility index (Phi) is 6.51. The van der Waals surface area contributed by atoms with Gasteiger partial charge in [0.15, 0.2) is 0 Å². The van der Waals surface area contributed by atoms with Gasteiger partial charge in [0, 0.05) is 16.3 Å². The summed E-state index contributed by atoms with van der Waals surface area (Å²) >= 11 is 1.38. The molecule has 1 heterocycles. The van der Waals surface area contributed by atoms with Crippen LogP contribution in [0, 0.1) is 6.92 Å². The van der Waals surface area contributed by atoms with Crippen molar-refractivity contribution in [3.63, 3.8) is 0 Å². The van der Waals surface area contributed by atoms with E-state index in [1.807, 2.05) is 62.4 Å². The molecule has 0 saturated heterocycles. The van der Waals surface area contributed by atoms with Gasteiger partial charge in [0.2, 0.25) is 10.0 Å². The van der Waals surface area contributed by atoms with E-state index in [-0.39, 0.29) is 11.4 Å². The number of aryl methyl sites for hydroxylation is 1. The number of benzene rings is 2. The minimum atomic E-state index is -3.73. The zero-order valence-corrected chi connectivity index (χ0v) is 17.4. The Labute approximate surface area is 169 Å². The first kappa shape index (κ1) is 20.5. The summed E-state index contributed by atoms with van der Waals surface area (Å²) in [7, 11) is -3.73. The SMILES string of the molecule is CCOc1ccc(C)cc1S(=O)(=O)NCc1ccc(C(O)c2ccccc2)s1. The highest BCUT2D eigenvalue weighted by Gasteiger charge is 2.20. The fourth-order valence-electron chi connectivity index (χ4n) is 2.78. The molecule has 0 amide bonds. The van der Waals surface area contributed by atoms with Gasteiger partial charge in [0.25, 0.3) is 0 Å². The molecule has 0 bridgehead atoms. The van der Waals surface area contributed by atoms with Crippen molar-refractivity contribution in [2.45, 2.75) is 31.4 Å². The number of ether oxygens (including phenoxy) is 1. The quantitative estimate of drug-likeness (QED) is 0.581. The average Bonchev–Trinajstić information content (AvgIpc) is 3.17. The summed E-state index contributed by atoms with van der Waals surface area (Å²) in [5, 5.41) is 10.5. The highest BCUT2D eigenvalue weighted by Crippen LogP contribution is 2.29. The van der Waals surface area contributed by atoms with Gasteiger partial charge in [-0.2, -0.15) is 0 Å². The van der Waals surface area contributed by atoms with Crippen LogP contribution in [0.25, 0.3) is 0 Å². The number of aliphatic hydroxyl groups is 1. The van der Waals surface area contributed by atoms with Crippen molar-refractivity contribution in [2.24, 2.45) is 0 Å². The molecule has 1 atom stereocenters. The predicted octanol–water partition coefficient (Wildman–Crippen LogP) is 4.02. The van der Waals surface area contributed by atoms with Crippen LogP contribution in [-0.2, 0) is 16.6 Å². The molecule has 2 aromatic carbocycles. The van der Waals surface area contributed by atoms with E-state index >= 15 is 0 Å². The minimum Gasteiger partial charge on any atom is -0.492 e. The molecule has 0 saturated carbocycles. The van der Waals surface area contributed by atoms with Crippen LogP contribution in [0.15, 0.2) is 65.6 Å². The van der Waals surface area contributed by atoms with Crippen LogP contribution in [0.3, 0.4) is 0 Å². The van der Waals surface area contributed by atoms with Gasteiger partial charge in [-0.05, 0) is 49.2 Å². The summed E-state index contributed by atoms with van der Waals surface area (Å²) in [6.07, 6.45) is -0.724. The fraction of sp³-hybridized carbons (Fsp3) is 0.238. The zero-order chi connectivity index (χ0) is 20.1. The molecule has 1 unspecified atom stereocenters. The summed E-state index contributed by atoms with van der Waals surface area (Å²) in [6, 6.07) is 18.1. The van der Waals surface area contributed by atoms with E-state index in [1.54, 1.807) is 12.1 Å². The predicted molar refractivity (Wildman–Crippen MR) is 111 cm³/mol. The van der Waals surface area contributed by atoms with E-state index in [0.717, 1.165) is 20.9 Å². The van der Waals surface area contributed by atoms with Gasteiger partial charge in [-0.1, -0.05) is 36.4 Å². The molecular weight excluding hydrogens is 394 g/mol. The van der Waals surface area contributed by atoms with Gasteiger partial charge in [-0.25, -0.2) is 13.1 Å². The standard InChI is InChI=1S/C21H23NO4S2/c1-3-26-18-11-9-15(2)13-20(18)28(24,25)22-14-17-10-12-19(27-17)21(23)16-7-5-4-6-8-16/h4-13,21-23H,3,14H2,1-2H3. The Bertz CT molecular complexity index is 1030. The number of nitrogens with one attached hydrogen (secondary N) is 1. The second kappa shape index (κ2) is 8.87. The van der Waals surface area contributed by atoms with Crippen LogP contribution in [-0.4, -0.2) is 20.1 Å². The molecule has 0 aliphatic heterocycles. The third-order valence-corrected chi connectivity index (χ3v) is 6.75. The summed E-state index contributed by atoms with van der Waals surface area (Å²) < 4.78 is 33.7. The lowest BCUT2D eigenvalue weighted by Gasteiger charge is -2.12. The molecule has 7 heteroatoms. The van der Waals surface area contributed by atoms with Crippen molar-refractivity contribution in [1.29, 1.82) is 0 Å². The Morgan fingerprint density at radius 2 is 1.86 bits per heavy atom. The number of hydrogen-bond acceptors (Lipinski definition) is 5. The van der Waals surface area contributed by atoms with Crippen molar-refractivity contribution in [3.05, 3.63) is 81.5 Å². The monoisotopic (exact) mass is 417 g/mol. The molecule has 3 aromatic rings. The lowest BCUT2D eigenvalue weighted by molar-refractivity contribution is 0.224. The number of thiophene rings is 1. The van der Waals surface area contributed by atoms with E-state index in [2.05, 4.69) is 4.72 Å². The van der Waals surface area contributed by atoms with Gasteiger partial charge >= 0.3 is 0 Å². The van der Waals surface area contributed by atoms with Crippen molar-refractivity contribution >= 4 is 21.4 Å². The number of rotatable bonds is 8. The van der Waals surface area contributed by atoms with Gasteiger partial charge in [-0.15, -0.1) is 11.3 Å². The third kappa shape index (κ3) is 4.80. The maximum absolute atomic E-state index is 12.8. The van der Waals surface area contributed by atoms with Crippen molar-refractivity contribution in [2.75, 3.05) is 6.61 Å². The molecule has 3 rings (SSSR count). The van der Waals surface area contributed by atoms with E-state index in [9.17, 15) is 13.5 Å². The van der Waals surface area contributed by atoms with Crippen molar-refractivity contribution in [3.8, 4) is 5.75 Å². The molecule has 1 aromatic heterocycles. The van der Waals surface area contributed by atoms with E-state index in [1.165, 1.54) is 11.3 Å². The Hall–Kier alpha value is -2.19. The van der Waals surface area contributed by atoms with E-state index < -0.39 is 16.1 Å². The first-order valence-corrected chi connectivity index (χ1v) is 11.3. The van der Waals surface area contributed by atoms with E-state index in [0.29, 0.717) is 12.4 Å². The van der Waals surface area contributed by atoms with Crippen LogP contribution in [0.5, 0.6) is 5.75 Å². The smallest absolute Gasteiger partial charge is 0.244 e. The minimum absolute atomic E-state index is 0.135. The molecule has 0 spiro atoms. The zero-order valence-electron chi connectivity index (χ0n) is 15.8. The second-order valence-corrected chi connectivity index (χ2v) is 9.26. The van der Waals surface area contributed by atoms with Gasteiger partial charge in [-0.3, -0.25) is 0 Å². The Balaban J connectivity index is 1.74. The number of aliphatic hydroxyl groups excluding tert-OH is 1. The molecule has 0 radical (unpaired) electrons. The number of hydrogen-bond donors (Lipinski definition) is 2. The summed E-state index contributed by atoms with van der Waals surface area (Å²) in [4.78, 5) is 1.72. The molecule has 0 fully saturated rings. The van der Waals surface area contributed by atoms with Gasteiger partial charge in [0.1, 0.15) is 16.7 Å². The fourth-order valence-corrected chi connectivity index (χ4v) is 5.07. The Morgan fingerprint density at radius 3 is 2.57 bits per heavy atom. The van der Waals surface area contributed by atoms with Crippen LogP contribution in [0.2, 0.25) is 0 Å². The molecular formula is C21H23NO4S2. The highest BCUT2D eigenvalue weighted by molar-refractivity contribution is 7.89. The van der Waals surface area contributed by atoms with Gasteiger partial charge in [0.05, 0.1) is 6.61 Å². The number of sulfonamides is 1. The second-order valence-electron chi connectivity index (χ2n) is 6.33. The average molecular weight is 418 g/mol. The molecule has 148 valence electrons. The largest absolute Gasteiger partial charge is 0.492 e. The summed E-state index contributed by atoms with van der Waals surface area (Å²) in [5.74, 6) is 0.340. The van der Waals surface area contributed by atoms with Crippen LogP contribution in [0.4, 0.5) is 0 Å². The topological polar surface area (TPSA) is 75.6 Å². The molecule has 28 heavy (non-hydrogen) atoms. The molecule has 5 nitrogen and oxygen atoms in total. The van der Waals surface area contributed by atoms with E-state index in [4.69, 9.17) is 4.74 Å². The lowest BCUT2D eigenvalue weighted by Crippen LogP contribution is -2.23. The third-order valence-electron chi connectivity index (χ3n) is 4.19. The normalized spacial score (nSPS) is 12.7. The van der Waals surface area contributed by atoms with Crippen LogP contribution < -0.4 is 9.46 Å². The summed E-state index contributed by atoms with van der Waals surface area (Å²) in [6.45, 7) is 4.19. The maximum atomic E-state index is 12.8. The van der Waals surface area contributed by atoms with Crippen molar-refractivity contribution in [1.82, 2.24) is 4.72 Å². The lowest BCUT2D eigenvalue weighted by atomic mass is 10.1. The molecule has 0 aliphatic rings. The van der Waals surface area contributed by atoms with Crippen molar-refractivity contribution < 1.29 is 18.3 Å². The highest BCUT2D eigenvalue weighted by atomic mass is 32.2.